The Hall–Kier alpha value is -4.52. The highest BCUT2D eigenvalue weighted by Gasteiger charge is 2.16. The van der Waals surface area contributed by atoms with Crippen LogP contribution in [0.5, 0.6) is 23.0 Å². The van der Waals surface area contributed by atoms with Gasteiger partial charge in [0.15, 0.2) is 0 Å². The Morgan fingerprint density at radius 3 is 2.00 bits per heavy atom. The van der Waals surface area contributed by atoms with E-state index in [1.807, 2.05) is 44.2 Å². The maximum atomic E-state index is 12.7. The van der Waals surface area contributed by atoms with Crippen LogP contribution in [0.4, 0.5) is 4.79 Å². The molecule has 1 aromatic heterocycles. The van der Waals surface area contributed by atoms with Gasteiger partial charge in [-0.1, -0.05) is 12.1 Å². The zero-order valence-corrected chi connectivity index (χ0v) is 20.5. The van der Waals surface area contributed by atoms with Gasteiger partial charge in [0.25, 0.3) is 0 Å². The Balaban J connectivity index is 1.51. The van der Waals surface area contributed by atoms with Crippen LogP contribution in [0.15, 0.2) is 77.4 Å². The van der Waals surface area contributed by atoms with Crippen LogP contribution in [-0.4, -0.2) is 19.2 Å². The number of benzene rings is 3. The van der Waals surface area contributed by atoms with Crippen LogP contribution in [0.1, 0.15) is 29.4 Å². The van der Waals surface area contributed by atoms with Gasteiger partial charge < -0.3 is 23.4 Å². The van der Waals surface area contributed by atoms with Crippen molar-refractivity contribution in [2.24, 2.45) is 0 Å². The van der Waals surface area contributed by atoms with Crippen LogP contribution in [0.25, 0.3) is 11.1 Å². The lowest BCUT2D eigenvalue weighted by molar-refractivity contribution is -0.131. The van der Waals surface area contributed by atoms with Crippen molar-refractivity contribution >= 4 is 12.1 Å². The monoisotopic (exact) mass is 486 g/mol. The number of methoxy groups -OCH3 is 1. The standard InChI is InChI=1S/C29H26O7/c1-18-14-21(7-10-26(18)32-4)22-8-11-27(19(2)15-22)35-29(31)36-28-12-9-25(34-20(3)30)17-23(28)16-24-6-5-13-33-24/h5-15,17H,16H2,1-4H3. The number of hydrogen-bond donors (Lipinski definition) is 0. The largest absolute Gasteiger partial charge is 0.519 e. The summed E-state index contributed by atoms with van der Waals surface area (Å²) < 4.78 is 26.9. The average molecular weight is 487 g/mol. The fourth-order valence-electron chi connectivity index (χ4n) is 3.83. The minimum absolute atomic E-state index is 0.273. The molecule has 1 heterocycles. The van der Waals surface area contributed by atoms with Crippen LogP contribution in [0.2, 0.25) is 0 Å². The molecule has 0 N–H and O–H groups in total. The van der Waals surface area contributed by atoms with Gasteiger partial charge in [-0.05, 0) is 90.7 Å². The van der Waals surface area contributed by atoms with Gasteiger partial charge in [0.2, 0.25) is 0 Å². The number of furan rings is 1. The van der Waals surface area contributed by atoms with Crippen molar-refractivity contribution in [2.45, 2.75) is 27.2 Å². The second-order valence-electron chi connectivity index (χ2n) is 8.24. The molecule has 4 rings (SSSR count). The van der Waals surface area contributed by atoms with E-state index in [1.165, 1.54) is 6.92 Å². The van der Waals surface area contributed by atoms with Gasteiger partial charge in [-0.15, -0.1) is 0 Å². The third-order valence-corrected chi connectivity index (χ3v) is 5.53. The summed E-state index contributed by atoms with van der Waals surface area (Å²) >= 11 is 0. The van der Waals surface area contributed by atoms with E-state index in [-0.39, 0.29) is 5.75 Å². The van der Waals surface area contributed by atoms with Crippen molar-refractivity contribution in [3.63, 3.8) is 0 Å². The van der Waals surface area contributed by atoms with Gasteiger partial charge in [-0.2, -0.15) is 0 Å². The lowest BCUT2D eigenvalue weighted by atomic mass is 10.0. The summed E-state index contributed by atoms with van der Waals surface area (Å²) in [5.41, 5.74) is 4.42. The van der Waals surface area contributed by atoms with E-state index in [2.05, 4.69) is 0 Å². The summed E-state index contributed by atoms with van der Waals surface area (Å²) in [6, 6.07) is 19.8. The third-order valence-electron chi connectivity index (χ3n) is 5.53. The number of hydrogen-bond acceptors (Lipinski definition) is 7. The predicted octanol–water partition coefficient (Wildman–Crippen LogP) is 6.67. The van der Waals surface area contributed by atoms with Gasteiger partial charge in [0.1, 0.15) is 28.8 Å². The molecule has 0 saturated heterocycles. The van der Waals surface area contributed by atoms with Gasteiger partial charge in [-0.3, -0.25) is 4.79 Å². The smallest absolute Gasteiger partial charge is 0.496 e. The minimum atomic E-state index is -0.882. The molecular weight excluding hydrogens is 460 g/mol. The summed E-state index contributed by atoms with van der Waals surface area (Å²) in [7, 11) is 1.64. The van der Waals surface area contributed by atoms with E-state index >= 15 is 0 Å². The molecule has 0 radical (unpaired) electrons. The maximum absolute atomic E-state index is 12.7. The number of rotatable bonds is 7. The Bertz CT molecular complexity index is 1390. The first-order valence-electron chi connectivity index (χ1n) is 11.3. The van der Waals surface area contributed by atoms with E-state index in [9.17, 15) is 9.59 Å². The number of carbonyl (C=O) groups excluding carboxylic acids is 2. The summed E-state index contributed by atoms with van der Waals surface area (Å²) in [5.74, 6) is 2.04. The molecule has 0 bridgehead atoms. The quantitative estimate of drug-likeness (QED) is 0.164. The zero-order valence-electron chi connectivity index (χ0n) is 20.5. The van der Waals surface area contributed by atoms with Crippen molar-refractivity contribution < 1.29 is 33.0 Å². The van der Waals surface area contributed by atoms with Gasteiger partial charge >= 0.3 is 12.1 Å². The normalized spacial score (nSPS) is 10.6. The van der Waals surface area contributed by atoms with E-state index in [0.29, 0.717) is 29.2 Å². The fourth-order valence-corrected chi connectivity index (χ4v) is 3.83. The molecule has 0 amide bonds. The van der Waals surface area contributed by atoms with Crippen molar-refractivity contribution in [1.82, 2.24) is 0 Å². The second-order valence-corrected chi connectivity index (χ2v) is 8.24. The molecular formula is C29H26O7. The Kier molecular flexibility index (Phi) is 7.39. The SMILES string of the molecule is COc1ccc(-c2ccc(OC(=O)Oc3ccc(OC(C)=O)cc3Cc3ccco3)c(C)c2)cc1C. The van der Waals surface area contributed by atoms with Crippen molar-refractivity contribution in [3.8, 4) is 34.1 Å². The molecule has 36 heavy (non-hydrogen) atoms. The van der Waals surface area contributed by atoms with Crippen molar-refractivity contribution in [1.29, 1.82) is 0 Å². The van der Waals surface area contributed by atoms with Crippen molar-refractivity contribution in [2.75, 3.05) is 7.11 Å². The first-order chi connectivity index (χ1) is 17.3. The number of aryl methyl sites for hydroxylation is 2. The minimum Gasteiger partial charge on any atom is -0.496 e. The Morgan fingerprint density at radius 2 is 1.42 bits per heavy atom. The van der Waals surface area contributed by atoms with Gasteiger partial charge in [0.05, 0.1) is 13.4 Å². The third kappa shape index (κ3) is 5.93. The van der Waals surface area contributed by atoms with Crippen LogP contribution in [0.3, 0.4) is 0 Å². The highest BCUT2D eigenvalue weighted by molar-refractivity contribution is 5.72. The lowest BCUT2D eigenvalue weighted by Crippen LogP contribution is -2.15. The molecule has 0 unspecified atom stereocenters. The summed E-state index contributed by atoms with van der Waals surface area (Å²) in [6.07, 6.45) is 1.01. The molecule has 0 aliphatic rings. The van der Waals surface area contributed by atoms with E-state index in [4.69, 9.17) is 23.4 Å². The molecule has 184 valence electrons. The molecule has 3 aromatic carbocycles. The van der Waals surface area contributed by atoms with Crippen LogP contribution < -0.4 is 18.9 Å². The first-order valence-corrected chi connectivity index (χ1v) is 11.3. The van der Waals surface area contributed by atoms with E-state index in [1.54, 1.807) is 49.8 Å². The Labute approximate surface area is 209 Å². The Morgan fingerprint density at radius 1 is 0.778 bits per heavy atom. The molecule has 0 aliphatic carbocycles. The molecule has 0 saturated carbocycles. The molecule has 0 atom stereocenters. The molecule has 7 nitrogen and oxygen atoms in total. The first kappa shape index (κ1) is 24.6. The van der Waals surface area contributed by atoms with E-state index in [0.717, 1.165) is 28.0 Å². The lowest BCUT2D eigenvalue weighted by Gasteiger charge is -2.13. The molecule has 0 spiro atoms. The number of carbonyl (C=O) groups is 2. The van der Waals surface area contributed by atoms with Gasteiger partial charge in [-0.25, -0.2) is 4.79 Å². The highest BCUT2D eigenvalue weighted by Crippen LogP contribution is 2.31. The zero-order chi connectivity index (χ0) is 25.7. The highest BCUT2D eigenvalue weighted by atomic mass is 16.7. The summed E-state index contributed by atoms with van der Waals surface area (Å²) in [6.45, 7) is 5.16. The molecule has 7 heteroatoms. The van der Waals surface area contributed by atoms with Gasteiger partial charge in [0, 0.05) is 18.9 Å². The van der Waals surface area contributed by atoms with Crippen LogP contribution >= 0.6 is 0 Å². The predicted molar refractivity (Wildman–Crippen MR) is 134 cm³/mol. The second kappa shape index (κ2) is 10.8. The number of esters is 1. The van der Waals surface area contributed by atoms with E-state index < -0.39 is 12.1 Å². The summed E-state index contributed by atoms with van der Waals surface area (Å²) in [5, 5.41) is 0. The number of ether oxygens (including phenoxy) is 4. The molecule has 0 aliphatic heterocycles. The van der Waals surface area contributed by atoms with Crippen molar-refractivity contribution in [3.05, 3.63) is 95.4 Å². The van der Waals surface area contributed by atoms with Crippen LogP contribution in [0, 0.1) is 13.8 Å². The molecule has 0 fully saturated rings. The average Bonchev–Trinajstić information content (AvgIpc) is 3.35. The fraction of sp³-hybridized carbons (Fsp3) is 0.172. The van der Waals surface area contributed by atoms with Crippen LogP contribution in [-0.2, 0) is 11.2 Å². The maximum Gasteiger partial charge on any atom is 0.519 e. The summed E-state index contributed by atoms with van der Waals surface area (Å²) in [4.78, 5) is 24.0. The molecule has 4 aromatic rings. The topological polar surface area (TPSA) is 84.2 Å².